The van der Waals surface area contributed by atoms with Crippen LogP contribution in [0.3, 0.4) is 0 Å². The Morgan fingerprint density at radius 2 is 1.00 bits per heavy atom. The van der Waals surface area contributed by atoms with Crippen molar-refractivity contribution in [3.05, 3.63) is 0 Å². The zero-order chi connectivity index (χ0) is 24.9. The molecule has 0 rings (SSSR count). The third-order valence-electron chi connectivity index (χ3n) is 4.60. The first-order valence-corrected chi connectivity index (χ1v) is 14.7. The van der Waals surface area contributed by atoms with Crippen LogP contribution in [0.2, 0.25) is 0 Å². The Morgan fingerprint density at radius 1 is 0.667 bits per heavy atom. The Labute approximate surface area is 231 Å². The van der Waals surface area contributed by atoms with Crippen molar-refractivity contribution in [1.82, 2.24) is 10.6 Å². The predicted molar refractivity (Wildman–Crippen MR) is 130 cm³/mol. The largest absolute Gasteiger partial charge is 2.00 e. The minimum Gasteiger partial charge on any atom is -0.748 e. The van der Waals surface area contributed by atoms with Crippen LogP contribution in [0.5, 0.6) is 0 Å². The van der Waals surface area contributed by atoms with Crippen molar-refractivity contribution in [3.63, 3.8) is 0 Å². The first-order valence-electron chi connectivity index (χ1n) is 11.6. The number of hydrogen-bond acceptors (Lipinski definition) is 10. The van der Waals surface area contributed by atoms with Crippen LogP contribution >= 0.6 is 0 Å². The molecule has 2 atom stereocenters. The van der Waals surface area contributed by atoms with Crippen LogP contribution in [0.25, 0.3) is 0 Å². The van der Waals surface area contributed by atoms with Crippen molar-refractivity contribution in [2.24, 2.45) is 0 Å². The van der Waals surface area contributed by atoms with Crippen LogP contribution in [-0.4, -0.2) is 124 Å². The van der Waals surface area contributed by atoms with Gasteiger partial charge in [-0.05, 0) is 12.8 Å². The second-order valence-corrected chi connectivity index (χ2v) is 11.0. The molecule has 0 aromatic heterocycles. The first kappa shape index (κ1) is 38.4. The number of hydrogen-bond donors (Lipinski definition) is 4. The zero-order valence-electron chi connectivity index (χ0n) is 20.3. The number of rotatable bonds is 20. The van der Waals surface area contributed by atoms with Crippen LogP contribution in [0.15, 0.2) is 0 Å². The molecule has 0 spiro atoms. The van der Waals surface area contributed by atoms with Crippen molar-refractivity contribution in [2.75, 3.05) is 37.7 Å². The molecular formula is C20H44CaN2O8S2. The summed E-state index contributed by atoms with van der Waals surface area (Å²) in [5.74, 6) is -0.842. The van der Waals surface area contributed by atoms with Gasteiger partial charge in [0, 0.05) is 26.2 Å². The maximum atomic E-state index is 10.3. The molecule has 0 aliphatic rings. The fourth-order valence-corrected chi connectivity index (χ4v) is 3.54. The Morgan fingerprint density at radius 3 is 1.27 bits per heavy atom. The van der Waals surface area contributed by atoms with Gasteiger partial charge in [0.05, 0.1) is 43.9 Å². The number of aliphatic hydroxyl groups excluding tert-OH is 2. The topological polar surface area (TPSA) is 179 Å². The van der Waals surface area contributed by atoms with Crippen molar-refractivity contribution in [2.45, 2.75) is 90.3 Å². The minimum atomic E-state index is -4.14. The number of unbranched alkanes of at least 4 members (excludes halogenated alkanes) is 6. The standard InChI is InChI=1S/2C10H23NO4S.Ca/c2*1-2-3-4-5-6-10(12)9-11-7-8-16(13,14)15;/h2*10-12H,2-9H2,1H3,(H,13,14,15);/q;;+2/p-2. The van der Waals surface area contributed by atoms with E-state index in [4.69, 9.17) is 0 Å². The van der Waals surface area contributed by atoms with Gasteiger partial charge in [-0.3, -0.25) is 0 Å². The maximum absolute atomic E-state index is 10.3. The second-order valence-electron chi connectivity index (χ2n) is 7.94. The van der Waals surface area contributed by atoms with Gasteiger partial charge in [-0.15, -0.1) is 0 Å². The van der Waals surface area contributed by atoms with Crippen LogP contribution in [0, 0.1) is 0 Å². The summed E-state index contributed by atoms with van der Waals surface area (Å²) in [6.07, 6.45) is 9.40. The quantitative estimate of drug-likeness (QED) is 0.0959. The van der Waals surface area contributed by atoms with E-state index >= 15 is 0 Å². The molecule has 0 bridgehead atoms. The van der Waals surface area contributed by atoms with E-state index in [0.29, 0.717) is 13.1 Å². The molecule has 0 saturated heterocycles. The van der Waals surface area contributed by atoms with Crippen molar-refractivity contribution in [1.29, 1.82) is 0 Å². The summed E-state index contributed by atoms with van der Waals surface area (Å²) in [7, 11) is -8.28. The molecule has 10 nitrogen and oxygen atoms in total. The van der Waals surface area contributed by atoms with E-state index in [2.05, 4.69) is 24.5 Å². The molecule has 196 valence electrons. The number of nitrogens with one attached hydrogen (secondary N) is 2. The van der Waals surface area contributed by atoms with E-state index in [1.165, 1.54) is 12.8 Å². The summed E-state index contributed by atoms with van der Waals surface area (Å²) < 4.78 is 61.6. The van der Waals surface area contributed by atoms with E-state index in [1.807, 2.05) is 0 Å². The molecule has 33 heavy (non-hydrogen) atoms. The molecule has 0 aromatic carbocycles. The monoisotopic (exact) mass is 544 g/mol. The zero-order valence-corrected chi connectivity index (χ0v) is 24.2. The maximum Gasteiger partial charge on any atom is 2.00 e. The van der Waals surface area contributed by atoms with Gasteiger partial charge in [-0.2, -0.15) is 0 Å². The molecule has 0 aliphatic heterocycles. The fraction of sp³-hybridized carbons (Fsp3) is 1.00. The van der Waals surface area contributed by atoms with E-state index in [1.54, 1.807) is 0 Å². The van der Waals surface area contributed by atoms with Gasteiger partial charge in [-0.1, -0.05) is 65.2 Å². The summed E-state index contributed by atoms with van der Waals surface area (Å²) in [6, 6.07) is 0. The predicted octanol–water partition coefficient (Wildman–Crippen LogP) is 0.524. The molecule has 2 unspecified atom stereocenters. The Bertz CT molecular complexity index is 568. The smallest absolute Gasteiger partial charge is 0.748 e. The van der Waals surface area contributed by atoms with E-state index in [0.717, 1.165) is 51.4 Å². The van der Waals surface area contributed by atoms with Crippen molar-refractivity contribution in [3.8, 4) is 0 Å². The molecular weight excluding hydrogens is 500 g/mol. The van der Waals surface area contributed by atoms with Crippen LogP contribution < -0.4 is 10.6 Å². The van der Waals surface area contributed by atoms with Crippen LogP contribution in [-0.2, 0) is 20.2 Å². The van der Waals surface area contributed by atoms with Gasteiger partial charge >= 0.3 is 37.7 Å². The number of aliphatic hydroxyl groups is 2. The van der Waals surface area contributed by atoms with Crippen molar-refractivity contribution >= 4 is 58.0 Å². The summed E-state index contributed by atoms with van der Waals surface area (Å²) in [4.78, 5) is 0. The molecule has 13 heteroatoms. The SMILES string of the molecule is CCCCCCC(O)CNCCS(=O)(=O)[O-].CCCCCCC(O)CNCCS(=O)(=O)[O-].[Ca+2]. The van der Waals surface area contributed by atoms with Crippen molar-refractivity contribution < 1.29 is 36.2 Å². The Hall–Kier alpha value is 0.920. The fourth-order valence-electron chi connectivity index (χ4n) is 2.75. The van der Waals surface area contributed by atoms with Gasteiger partial charge in [0.2, 0.25) is 0 Å². The normalized spacial score (nSPS) is 13.5. The minimum absolute atomic E-state index is 0. The second kappa shape index (κ2) is 24.6. The van der Waals surface area contributed by atoms with Gasteiger partial charge in [0.1, 0.15) is 0 Å². The summed E-state index contributed by atoms with van der Waals surface area (Å²) in [6.45, 7) is 5.17. The molecule has 0 heterocycles. The van der Waals surface area contributed by atoms with Crippen LogP contribution in [0.1, 0.15) is 78.1 Å². The molecule has 0 aliphatic carbocycles. The molecule has 0 amide bonds. The van der Waals surface area contributed by atoms with Crippen LogP contribution in [0.4, 0.5) is 0 Å². The summed E-state index contributed by atoms with van der Waals surface area (Å²) in [5.41, 5.74) is 0. The van der Waals surface area contributed by atoms with Gasteiger partial charge in [0.25, 0.3) is 0 Å². The Balaban J connectivity index is -0.000000529. The average Bonchev–Trinajstić information content (AvgIpc) is 2.68. The van der Waals surface area contributed by atoms with E-state index < -0.39 is 43.9 Å². The molecule has 4 N–H and O–H groups in total. The molecule has 0 fully saturated rings. The van der Waals surface area contributed by atoms with E-state index in [9.17, 15) is 36.2 Å². The third kappa shape index (κ3) is 37.6. The van der Waals surface area contributed by atoms with Gasteiger partial charge < -0.3 is 30.0 Å². The summed E-state index contributed by atoms with van der Waals surface area (Å²) >= 11 is 0. The molecule has 0 saturated carbocycles. The summed E-state index contributed by atoms with van der Waals surface area (Å²) in [5, 5.41) is 24.5. The third-order valence-corrected chi connectivity index (χ3v) is 6.01. The molecule has 0 aromatic rings. The van der Waals surface area contributed by atoms with Gasteiger partial charge in [-0.25, -0.2) is 16.8 Å². The molecule has 0 radical (unpaired) electrons. The first-order chi connectivity index (χ1) is 14.9. The Kier molecular flexibility index (Phi) is 28.7. The average molecular weight is 545 g/mol. The van der Waals surface area contributed by atoms with Gasteiger partial charge in [0.15, 0.2) is 0 Å². The van der Waals surface area contributed by atoms with E-state index in [-0.39, 0.29) is 50.8 Å².